The minimum Gasteiger partial charge on any atom is -0.353 e. The number of carbonyl (C=O) groups is 1. The monoisotopic (exact) mass is 351 g/mol. The van der Waals surface area contributed by atoms with Crippen molar-refractivity contribution in [3.05, 3.63) is 23.2 Å². The Morgan fingerprint density at radius 1 is 1.48 bits per heavy atom. The van der Waals surface area contributed by atoms with Crippen molar-refractivity contribution in [3.63, 3.8) is 0 Å². The summed E-state index contributed by atoms with van der Waals surface area (Å²) in [5.74, 6) is 0.333. The molecule has 1 atom stereocenters. The number of hydrogen-bond acceptors (Lipinski definition) is 4. The van der Waals surface area contributed by atoms with Gasteiger partial charge in [0.1, 0.15) is 0 Å². The highest BCUT2D eigenvalue weighted by Crippen LogP contribution is 2.32. The highest BCUT2D eigenvalue weighted by atomic mass is 35.5. The molecule has 0 bridgehead atoms. The molecule has 0 radical (unpaired) electrons. The number of anilines is 1. The molecule has 1 amide bonds. The van der Waals surface area contributed by atoms with Crippen molar-refractivity contribution in [1.29, 1.82) is 0 Å². The Balaban J connectivity index is 1.62. The fraction of sp³-hybridized carbons (Fsp3) is 0.529. The molecule has 1 aliphatic rings. The second-order valence-electron chi connectivity index (χ2n) is 6.19. The van der Waals surface area contributed by atoms with Crippen molar-refractivity contribution in [2.45, 2.75) is 39.2 Å². The molecule has 1 aromatic heterocycles. The number of aromatic nitrogens is 1. The number of nitrogens with zero attached hydrogens (tertiary/aromatic N) is 2. The molecule has 0 aliphatic carbocycles. The highest BCUT2D eigenvalue weighted by Gasteiger charge is 2.26. The zero-order valence-corrected chi connectivity index (χ0v) is 15.1. The molecule has 6 heteroatoms. The van der Waals surface area contributed by atoms with Crippen LogP contribution >= 0.6 is 22.9 Å². The number of carbonyl (C=O) groups excluding carboxylic acids is 1. The maximum absolute atomic E-state index is 12.2. The zero-order chi connectivity index (χ0) is 16.4. The van der Waals surface area contributed by atoms with E-state index < -0.39 is 0 Å². The van der Waals surface area contributed by atoms with E-state index in [4.69, 9.17) is 11.6 Å². The van der Waals surface area contributed by atoms with Gasteiger partial charge in [-0.3, -0.25) is 4.79 Å². The van der Waals surface area contributed by atoms with E-state index in [1.807, 2.05) is 18.2 Å². The first-order valence-corrected chi connectivity index (χ1v) is 9.37. The van der Waals surface area contributed by atoms with Crippen LogP contribution in [0, 0.1) is 5.92 Å². The predicted molar refractivity (Wildman–Crippen MR) is 97.5 cm³/mol. The molecule has 124 valence electrons. The van der Waals surface area contributed by atoms with Crippen LogP contribution in [0.5, 0.6) is 0 Å². The molecule has 4 nitrogen and oxygen atoms in total. The molecule has 0 unspecified atom stereocenters. The summed E-state index contributed by atoms with van der Waals surface area (Å²) < 4.78 is 1.15. The third kappa shape index (κ3) is 3.78. The molecule has 1 saturated heterocycles. The van der Waals surface area contributed by atoms with Gasteiger partial charge >= 0.3 is 0 Å². The van der Waals surface area contributed by atoms with Gasteiger partial charge in [0, 0.05) is 30.1 Å². The van der Waals surface area contributed by atoms with Crippen molar-refractivity contribution in [3.8, 4) is 0 Å². The third-order valence-corrected chi connectivity index (χ3v) is 5.81. The number of nitrogens with one attached hydrogen (secondary N) is 1. The van der Waals surface area contributed by atoms with Gasteiger partial charge in [0.05, 0.1) is 10.2 Å². The Labute approximate surface area is 145 Å². The lowest BCUT2D eigenvalue weighted by Gasteiger charge is -2.31. The highest BCUT2D eigenvalue weighted by molar-refractivity contribution is 7.22. The van der Waals surface area contributed by atoms with E-state index in [2.05, 4.69) is 29.0 Å². The SMILES string of the molecule is CC[C@@H](C)NC(=O)C1CCN(c2nc3cc(Cl)ccc3s2)CC1. The lowest BCUT2D eigenvalue weighted by atomic mass is 9.96. The number of halogens is 1. The lowest BCUT2D eigenvalue weighted by Crippen LogP contribution is -2.43. The second kappa shape index (κ2) is 7.05. The molecule has 2 heterocycles. The van der Waals surface area contributed by atoms with Crippen LogP contribution in [0.4, 0.5) is 5.13 Å². The van der Waals surface area contributed by atoms with Gasteiger partial charge in [-0.25, -0.2) is 4.98 Å². The van der Waals surface area contributed by atoms with E-state index >= 15 is 0 Å². The van der Waals surface area contributed by atoms with Crippen LogP contribution in [-0.2, 0) is 4.79 Å². The number of amides is 1. The molecule has 0 saturated carbocycles. The van der Waals surface area contributed by atoms with E-state index in [-0.39, 0.29) is 17.9 Å². The molecule has 1 N–H and O–H groups in total. The number of hydrogen-bond donors (Lipinski definition) is 1. The van der Waals surface area contributed by atoms with Crippen molar-refractivity contribution < 1.29 is 4.79 Å². The van der Waals surface area contributed by atoms with E-state index in [9.17, 15) is 4.79 Å². The fourth-order valence-electron chi connectivity index (χ4n) is 2.82. The molecule has 1 fully saturated rings. The van der Waals surface area contributed by atoms with Crippen LogP contribution in [0.1, 0.15) is 33.1 Å². The Morgan fingerprint density at radius 3 is 2.91 bits per heavy atom. The van der Waals surface area contributed by atoms with E-state index in [0.717, 1.165) is 52.7 Å². The maximum Gasteiger partial charge on any atom is 0.223 e. The normalized spacial score (nSPS) is 17.4. The first-order chi connectivity index (χ1) is 11.1. The quantitative estimate of drug-likeness (QED) is 0.902. The summed E-state index contributed by atoms with van der Waals surface area (Å²) in [7, 11) is 0. The van der Waals surface area contributed by atoms with Gasteiger partial charge in [0.15, 0.2) is 5.13 Å². The summed E-state index contributed by atoms with van der Waals surface area (Å²) in [6.45, 7) is 5.91. The second-order valence-corrected chi connectivity index (χ2v) is 7.63. The Bertz CT molecular complexity index is 694. The van der Waals surface area contributed by atoms with E-state index in [1.54, 1.807) is 11.3 Å². The Hall–Kier alpha value is -1.33. The molecule has 23 heavy (non-hydrogen) atoms. The van der Waals surface area contributed by atoms with Crippen LogP contribution in [0.2, 0.25) is 5.02 Å². The van der Waals surface area contributed by atoms with Crippen molar-refractivity contribution in [1.82, 2.24) is 10.3 Å². The first-order valence-electron chi connectivity index (χ1n) is 8.18. The standard InChI is InChI=1S/C17H22ClN3OS/c1-3-11(2)19-16(22)12-6-8-21(9-7-12)17-20-14-10-13(18)4-5-15(14)23-17/h4-5,10-12H,3,6-9H2,1-2H3,(H,19,22)/t11-/m1/s1. The van der Waals surface area contributed by atoms with Gasteiger partial charge in [-0.1, -0.05) is 29.9 Å². The average molecular weight is 352 g/mol. The summed E-state index contributed by atoms with van der Waals surface area (Å²) in [6.07, 6.45) is 2.75. The number of rotatable bonds is 4. The number of benzene rings is 1. The summed E-state index contributed by atoms with van der Waals surface area (Å²) in [5, 5.41) is 4.84. The van der Waals surface area contributed by atoms with E-state index in [0.29, 0.717) is 0 Å². The van der Waals surface area contributed by atoms with Gasteiger partial charge in [0.2, 0.25) is 5.91 Å². The van der Waals surface area contributed by atoms with Crippen LogP contribution in [0.15, 0.2) is 18.2 Å². The molecule has 3 rings (SSSR count). The third-order valence-electron chi connectivity index (χ3n) is 4.48. The molecule has 1 aliphatic heterocycles. The predicted octanol–water partition coefficient (Wildman–Crippen LogP) is 4.08. The van der Waals surface area contributed by atoms with Crippen LogP contribution in [0.25, 0.3) is 10.2 Å². The van der Waals surface area contributed by atoms with Gasteiger partial charge in [-0.2, -0.15) is 0 Å². The van der Waals surface area contributed by atoms with Crippen molar-refractivity contribution in [2.75, 3.05) is 18.0 Å². The van der Waals surface area contributed by atoms with Crippen molar-refractivity contribution in [2.24, 2.45) is 5.92 Å². The smallest absolute Gasteiger partial charge is 0.223 e. The Morgan fingerprint density at radius 2 is 2.22 bits per heavy atom. The average Bonchev–Trinajstić information content (AvgIpc) is 2.97. The minimum atomic E-state index is 0.129. The fourth-order valence-corrected chi connectivity index (χ4v) is 3.98. The van der Waals surface area contributed by atoms with E-state index in [1.165, 1.54) is 0 Å². The van der Waals surface area contributed by atoms with Gasteiger partial charge in [-0.15, -0.1) is 0 Å². The first kappa shape index (κ1) is 16.5. The maximum atomic E-state index is 12.2. The largest absolute Gasteiger partial charge is 0.353 e. The van der Waals surface area contributed by atoms with Gasteiger partial charge in [0.25, 0.3) is 0 Å². The van der Waals surface area contributed by atoms with Gasteiger partial charge < -0.3 is 10.2 Å². The summed E-state index contributed by atoms with van der Waals surface area (Å²) in [4.78, 5) is 19.2. The topological polar surface area (TPSA) is 45.2 Å². The number of thiazole rings is 1. The van der Waals surface area contributed by atoms with Crippen LogP contribution < -0.4 is 10.2 Å². The number of piperidine rings is 1. The van der Waals surface area contributed by atoms with Crippen LogP contribution in [-0.4, -0.2) is 30.0 Å². The summed E-state index contributed by atoms with van der Waals surface area (Å²) >= 11 is 7.72. The zero-order valence-electron chi connectivity index (χ0n) is 13.5. The molecular formula is C17H22ClN3OS. The summed E-state index contributed by atoms with van der Waals surface area (Å²) in [5.41, 5.74) is 0.953. The van der Waals surface area contributed by atoms with Crippen LogP contribution in [0.3, 0.4) is 0 Å². The number of fused-ring (bicyclic) bond motifs is 1. The van der Waals surface area contributed by atoms with Gasteiger partial charge in [-0.05, 0) is 44.4 Å². The van der Waals surface area contributed by atoms with Crippen molar-refractivity contribution >= 4 is 44.2 Å². The molecular weight excluding hydrogens is 330 g/mol. The molecule has 0 spiro atoms. The molecule has 2 aromatic rings. The molecule has 1 aromatic carbocycles. The lowest BCUT2D eigenvalue weighted by molar-refractivity contribution is -0.126. The minimum absolute atomic E-state index is 0.129. The summed E-state index contributed by atoms with van der Waals surface area (Å²) in [6, 6.07) is 6.08. The Kier molecular flexibility index (Phi) is 5.07.